The highest BCUT2D eigenvalue weighted by Crippen LogP contribution is 1.89. The van der Waals surface area contributed by atoms with E-state index in [0.29, 0.717) is 13.2 Å². The van der Waals surface area contributed by atoms with E-state index in [9.17, 15) is 0 Å². The Balaban J connectivity index is 2.77. The third-order valence-electron chi connectivity index (χ3n) is 1.92. The molecule has 3 nitrogen and oxygen atoms in total. The first-order valence-electron chi connectivity index (χ1n) is 3.90. The largest absolute Gasteiger partial charge is 0.391 e. The van der Waals surface area contributed by atoms with E-state index in [-0.39, 0.29) is 0 Å². The van der Waals surface area contributed by atoms with E-state index in [1.807, 2.05) is 24.3 Å². The molecule has 0 bridgehead atoms. The average molecular weight is 162 g/mol. The highest BCUT2D eigenvalue weighted by Gasteiger charge is 1.98. The van der Waals surface area contributed by atoms with Gasteiger partial charge >= 0.3 is 0 Å². The van der Waals surface area contributed by atoms with Crippen LogP contribution in [0.1, 0.15) is 5.56 Å². The molecule has 1 heterocycles. The molecule has 0 aliphatic carbocycles. The zero-order valence-electron chi connectivity index (χ0n) is 6.66. The van der Waals surface area contributed by atoms with Gasteiger partial charge in [-0.1, -0.05) is 17.3 Å². The van der Waals surface area contributed by atoms with Gasteiger partial charge in [0.15, 0.2) is 0 Å². The van der Waals surface area contributed by atoms with Gasteiger partial charge in [0.1, 0.15) is 12.0 Å². The van der Waals surface area contributed by atoms with E-state index >= 15 is 0 Å². The molecule has 0 radical (unpaired) electrons. The summed E-state index contributed by atoms with van der Waals surface area (Å²) in [5, 5.41) is 5.91. The maximum Gasteiger partial charge on any atom is 0.136 e. The molecular formula is C9H10N2O. The van der Waals surface area contributed by atoms with E-state index in [1.165, 1.54) is 0 Å². The number of hydrogen-bond donors (Lipinski definition) is 1. The maximum atomic E-state index is 5.57. The van der Waals surface area contributed by atoms with E-state index < -0.39 is 0 Å². The van der Waals surface area contributed by atoms with Gasteiger partial charge in [0, 0.05) is 11.8 Å². The van der Waals surface area contributed by atoms with Gasteiger partial charge in [0.2, 0.25) is 0 Å². The van der Waals surface area contributed by atoms with Crippen molar-refractivity contribution in [2.24, 2.45) is 10.9 Å². The number of hydrogen-bond acceptors (Lipinski definition) is 3. The van der Waals surface area contributed by atoms with E-state index in [1.54, 1.807) is 0 Å². The Labute approximate surface area is 70.1 Å². The van der Waals surface area contributed by atoms with Gasteiger partial charge in [-0.05, 0) is 17.7 Å². The molecule has 0 saturated carbocycles. The average Bonchev–Trinajstić information content (AvgIpc) is 2.17. The third kappa shape index (κ3) is 1.08. The second kappa shape index (κ2) is 2.95. The van der Waals surface area contributed by atoms with Gasteiger partial charge in [0.25, 0.3) is 0 Å². The van der Waals surface area contributed by atoms with E-state index in [4.69, 9.17) is 10.6 Å². The highest BCUT2D eigenvalue weighted by molar-refractivity contribution is 5.30. The van der Waals surface area contributed by atoms with Crippen molar-refractivity contribution in [1.82, 2.24) is 0 Å². The summed E-state index contributed by atoms with van der Waals surface area (Å²) in [6.45, 7) is 1.10. The monoisotopic (exact) mass is 162 g/mol. The van der Waals surface area contributed by atoms with Gasteiger partial charge in [-0.2, -0.15) is 0 Å². The summed E-state index contributed by atoms with van der Waals surface area (Å²) in [6.07, 6.45) is 2.00. The van der Waals surface area contributed by atoms with Crippen LogP contribution in [0.4, 0.5) is 0 Å². The quantitative estimate of drug-likeness (QED) is 0.604. The van der Waals surface area contributed by atoms with Crippen molar-refractivity contribution in [1.29, 1.82) is 0 Å². The Kier molecular flexibility index (Phi) is 1.80. The van der Waals surface area contributed by atoms with Crippen LogP contribution in [-0.4, -0.2) is 6.61 Å². The van der Waals surface area contributed by atoms with Crippen LogP contribution in [0, 0.1) is 0 Å². The summed E-state index contributed by atoms with van der Waals surface area (Å²) >= 11 is 0. The Morgan fingerprint density at radius 2 is 2.42 bits per heavy atom. The minimum atomic E-state index is 0.546. The number of nitrogens with zero attached hydrogens (tertiary/aromatic N) is 1. The smallest absolute Gasteiger partial charge is 0.136 e. The summed E-state index contributed by atoms with van der Waals surface area (Å²) in [6, 6.07) is 5.87. The van der Waals surface area contributed by atoms with Crippen LogP contribution in [0.25, 0.3) is 6.08 Å². The molecule has 0 fully saturated rings. The molecular weight excluding hydrogens is 152 g/mol. The van der Waals surface area contributed by atoms with Gasteiger partial charge < -0.3 is 10.6 Å². The van der Waals surface area contributed by atoms with Crippen LogP contribution in [-0.2, 0) is 11.4 Å². The second-order valence-corrected chi connectivity index (χ2v) is 2.65. The highest BCUT2D eigenvalue weighted by atomic mass is 16.6. The minimum absolute atomic E-state index is 0.546. The van der Waals surface area contributed by atoms with Crippen LogP contribution in [0.3, 0.4) is 0 Å². The Morgan fingerprint density at radius 3 is 3.25 bits per heavy atom. The number of fused-ring (bicyclic) bond motifs is 1. The number of nitrogens with two attached hydrogens (primary N) is 1. The fraction of sp³-hybridized carbons (Fsp3) is 0.222. The third-order valence-corrected chi connectivity index (χ3v) is 1.92. The van der Waals surface area contributed by atoms with E-state index in [2.05, 4.69) is 5.16 Å². The molecule has 1 aromatic rings. The SMILES string of the molecule is NCc1cccc2c1=CCON=2. The van der Waals surface area contributed by atoms with Crippen LogP contribution < -0.4 is 16.3 Å². The first kappa shape index (κ1) is 7.31. The summed E-state index contributed by atoms with van der Waals surface area (Å²) in [5.41, 5.74) is 6.70. The van der Waals surface area contributed by atoms with Crippen molar-refractivity contribution >= 4 is 6.08 Å². The summed E-state index contributed by atoms with van der Waals surface area (Å²) in [7, 11) is 0. The second-order valence-electron chi connectivity index (χ2n) is 2.65. The first-order chi connectivity index (χ1) is 5.92. The van der Waals surface area contributed by atoms with Crippen LogP contribution in [0.15, 0.2) is 23.4 Å². The lowest BCUT2D eigenvalue weighted by Crippen LogP contribution is -2.33. The predicted molar refractivity (Wildman–Crippen MR) is 45.5 cm³/mol. The molecule has 0 saturated heterocycles. The van der Waals surface area contributed by atoms with Crippen molar-refractivity contribution in [3.8, 4) is 0 Å². The molecule has 0 atom stereocenters. The van der Waals surface area contributed by atoms with Crippen LogP contribution in [0.5, 0.6) is 0 Å². The molecule has 0 aromatic heterocycles. The van der Waals surface area contributed by atoms with Gasteiger partial charge in [-0.25, -0.2) is 0 Å². The van der Waals surface area contributed by atoms with Crippen molar-refractivity contribution in [2.75, 3.05) is 6.61 Å². The molecule has 0 unspecified atom stereocenters. The summed E-state index contributed by atoms with van der Waals surface area (Å²) in [5.74, 6) is 0. The molecule has 0 amide bonds. The van der Waals surface area contributed by atoms with Gasteiger partial charge in [0.05, 0.1) is 0 Å². The van der Waals surface area contributed by atoms with Gasteiger partial charge in [-0.15, -0.1) is 0 Å². The molecule has 12 heavy (non-hydrogen) atoms. The molecule has 1 aliphatic heterocycles. The molecule has 0 spiro atoms. The van der Waals surface area contributed by atoms with Crippen LogP contribution in [0.2, 0.25) is 0 Å². The van der Waals surface area contributed by atoms with Gasteiger partial charge in [-0.3, -0.25) is 0 Å². The Hall–Kier alpha value is -1.35. The molecule has 1 aliphatic rings. The lowest BCUT2D eigenvalue weighted by atomic mass is 10.1. The molecule has 62 valence electrons. The van der Waals surface area contributed by atoms with E-state index in [0.717, 1.165) is 16.1 Å². The van der Waals surface area contributed by atoms with Crippen molar-refractivity contribution in [3.05, 3.63) is 34.3 Å². The fourth-order valence-corrected chi connectivity index (χ4v) is 1.32. The van der Waals surface area contributed by atoms with Crippen molar-refractivity contribution < 1.29 is 4.84 Å². The Morgan fingerprint density at radius 1 is 1.50 bits per heavy atom. The molecule has 2 N–H and O–H groups in total. The topological polar surface area (TPSA) is 47.6 Å². The zero-order chi connectivity index (χ0) is 8.39. The van der Waals surface area contributed by atoms with Crippen molar-refractivity contribution in [2.45, 2.75) is 6.54 Å². The zero-order valence-corrected chi connectivity index (χ0v) is 6.66. The first-order valence-corrected chi connectivity index (χ1v) is 3.90. The Bertz CT molecular complexity index is 397. The molecule has 3 heteroatoms. The standard InChI is InChI=1S/C9H10N2O/c10-6-7-2-1-3-9-8(7)4-5-12-11-9/h1-4H,5-6,10H2. The predicted octanol–water partition coefficient (Wildman–Crippen LogP) is -0.509. The molecule has 2 rings (SSSR count). The van der Waals surface area contributed by atoms with Crippen molar-refractivity contribution in [3.63, 3.8) is 0 Å². The molecule has 1 aromatic carbocycles. The fourth-order valence-electron chi connectivity index (χ4n) is 1.32. The maximum absolute atomic E-state index is 5.57. The lowest BCUT2D eigenvalue weighted by molar-refractivity contribution is 0.166. The number of benzene rings is 1. The minimum Gasteiger partial charge on any atom is -0.391 e. The summed E-state index contributed by atoms with van der Waals surface area (Å²) in [4.78, 5) is 4.92. The lowest BCUT2D eigenvalue weighted by Gasteiger charge is -2.03. The van der Waals surface area contributed by atoms with Crippen LogP contribution >= 0.6 is 0 Å². The number of rotatable bonds is 1. The summed E-state index contributed by atoms with van der Waals surface area (Å²) < 4.78 is 0. The normalized spacial score (nSPS) is 13.8.